The van der Waals surface area contributed by atoms with Crippen molar-refractivity contribution < 1.29 is 29.0 Å². The van der Waals surface area contributed by atoms with E-state index in [2.05, 4.69) is 50.8 Å². The lowest BCUT2D eigenvalue weighted by Crippen LogP contribution is -2.54. The van der Waals surface area contributed by atoms with Crippen molar-refractivity contribution in [3.05, 3.63) is 34.1 Å². The van der Waals surface area contributed by atoms with Gasteiger partial charge in [0.1, 0.15) is 0 Å². The van der Waals surface area contributed by atoms with Crippen molar-refractivity contribution in [1.29, 1.82) is 0 Å². The molecule has 0 aromatic carbocycles. The van der Waals surface area contributed by atoms with Gasteiger partial charge in [0, 0.05) is 41.4 Å². The van der Waals surface area contributed by atoms with Crippen molar-refractivity contribution in [3.8, 4) is 0 Å². The molecule has 0 spiro atoms. The highest BCUT2D eigenvalue weighted by molar-refractivity contribution is 6.74. The van der Waals surface area contributed by atoms with Crippen LogP contribution in [0.2, 0.25) is 18.1 Å². The Kier molecular flexibility index (Phi) is 7.91. The quantitative estimate of drug-likeness (QED) is 0.0817. The molecular formula is C27H41N3O6Si. The van der Waals surface area contributed by atoms with E-state index in [4.69, 9.17) is 9.96 Å². The number of ketones is 3. The van der Waals surface area contributed by atoms with Crippen molar-refractivity contribution in [2.24, 2.45) is 39.6 Å². The molecule has 0 aliphatic heterocycles. The highest BCUT2D eigenvalue weighted by Gasteiger charge is 2.63. The van der Waals surface area contributed by atoms with Gasteiger partial charge < -0.3 is 14.6 Å². The van der Waals surface area contributed by atoms with Crippen LogP contribution in [0.15, 0.2) is 28.8 Å². The lowest BCUT2D eigenvalue weighted by atomic mass is 9.49. The van der Waals surface area contributed by atoms with Gasteiger partial charge in [0.15, 0.2) is 25.7 Å². The number of carbonyl (C=O) groups is 3. The molecule has 0 aromatic heterocycles. The SMILES string of the molecule is CC(C)(C)[Si](C)(C)OC[C@H]1CC(=O)C(=CO)C[C@]1(C)[C@H]1CC[C@]2(C)C(=O)C(=CO)C(=O)[C@H]2[C@@H]1CN=[N+]=[N-]. The second-order valence-corrected chi connectivity index (χ2v) is 17.9. The Morgan fingerprint density at radius 1 is 1.19 bits per heavy atom. The number of azide groups is 1. The number of aliphatic hydroxyl groups excluding tert-OH is 2. The molecule has 3 aliphatic carbocycles. The van der Waals surface area contributed by atoms with Crippen LogP contribution in [0.5, 0.6) is 0 Å². The van der Waals surface area contributed by atoms with Gasteiger partial charge in [-0.15, -0.1) is 0 Å². The Morgan fingerprint density at radius 3 is 2.38 bits per heavy atom. The van der Waals surface area contributed by atoms with Gasteiger partial charge in [0.2, 0.25) is 0 Å². The zero-order chi connectivity index (χ0) is 28.0. The van der Waals surface area contributed by atoms with Crippen LogP contribution in [0.3, 0.4) is 0 Å². The van der Waals surface area contributed by atoms with Crippen LogP contribution in [0.1, 0.15) is 60.3 Å². The van der Waals surface area contributed by atoms with Gasteiger partial charge in [-0.3, -0.25) is 14.4 Å². The highest BCUT2D eigenvalue weighted by Crippen LogP contribution is 2.61. The molecule has 37 heavy (non-hydrogen) atoms. The zero-order valence-corrected chi connectivity index (χ0v) is 24.1. The van der Waals surface area contributed by atoms with E-state index in [1.807, 2.05) is 0 Å². The second-order valence-electron chi connectivity index (χ2n) is 13.1. The van der Waals surface area contributed by atoms with E-state index >= 15 is 0 Å². The normalized spacial score (nSPS) is 37.1. The standard InChI is InChI=1S/C27H41N3O6Si/c1-25(2,3)37(6,7)36-15-17-10-21(33)16(13-31)11-27(17,5)20-8-9-26(4)22(18(20)12-29-30-28)23(34)19(14-32)24(26)35/h13-14,17-18,20,22,31-32H,8-12,15H2,1-7H3/t17-,18-,20+,22-,26+,27+/m1/s1. The van der Waals surface area contributed by atoms with E-state index in [1.165, 1.54) is 0 Å². The van der Waals surface area contributed by atoms with Gasteiger partial charge in [-0.1, -0.05) is 39.7 Å². The number of nitrogens with zero attached hydrogens (tertiary/aromatic N) is 3. The first kappa shape index (κ1) is 29.1. The summed E-state index contributed by atoms with van der Waals surface area (Å²) in [6.07, 6.45) is 3.03. The van der Waals surface area contributed by atoms with Crippen LogP contribution in [0.4, 0.5) is 0 Å². The molecule has 3 rings (SSSR count). The molecule has 3 fully saturated rings. The molecule has 10 heteroatoms. The van der Waals surface area contributed by atoms with Gasteiger partial charge in [0.25, 0.3) is 0 Å². The topological polar surface area (TPSA) is 150 Å². The second kappa shape index (κ2) is 10.0. The number of hydrogen-bond donors (Lipinski definition) is 2. The largest absolute Gasteiger partial charge is 0.515 e. The van der Waals surface area contributed by atoms with Gasteiger partial charge in [-0.25, -0.2) is 0 Å². The van der Waals surface area contributed by atoms with Gasteiger partial charge >= 0.3 is 0 Å². The van der Waals surface area contributed by atoms with Crippen LogP contribution in [-0.4, -0.2) is 49.0 Å². The Labute approximate surface area is 220 Å². The summed E-state index contributed by atoms with van der Waals surface area (Å²) < 4.78 is 6.59. The van der Waals surface area contributed by atoms with Crippen molar-refractivity contribution >= 4 is 25.7 Å². The lowest BCUT2D eigenvalue weighted by molar-refractivity contribution is -0.140. The summed E-state index contributed by atoms with van der Waals surface area (Å²) in [4.78, 5) is 42.4. The van der Waals surface area contributed by atoms with E-state index in [1.54, 1.807) is 6.92 Å². The molecule has 0 amide bonds. The predicted octanol–water partition coefficient (Wildman–Crippen LogP) is 5.99. The summed E-state index contributed by atoms with van der Waals surface area (Å²) in [7, 11) is -2.13. The minimum Gasteiger partial charge on any atom is -0.515 e. The van der Waals surface area contributed by atoms with E-state index in [9.17, 15) is 24.6 Å². The monoisotopic (exact) mass is 531 g/mol. The van der Waals surface area contributed by atoms with Crippen molar-refractivity contribution in [1.82, 2.24) is 0 Å². The maximum Gasteiger partial charge on any atom is 0.191 e. The van der Waals surface area contributed by atoms with E-state index in [0.29, 0.717) is 37.7 Å². The molecular weight excluding hydrogens is 490 g/mol. The molecule has 2 N–H and O–H groups in total. The molecule has 0 saturated heterocycles. The Hall–Kier alpha value is -2.42. The Balaban J connectivity index is 2.08. The number of carbonyl (C=O) groups excluding carboxylic acids is 3. The average molecular weight is 532 g/mol. The van der Waals surface area contributed by atoms with Crippen molar-refractivity contribution in [2.75, 3.05) is 13.2 Å². The smallest absolute Gasteiger partial charge is 0.191 e. The molecule has 9 nitrogen and oxygen atoms in total. The van der Waals surface area contributed by atoms with E-state index < -0.39 is 36.8 Å². The lowest BCUT2D eigenvalue weighted by Gasteiger charge is -2.55. The maximum absolute atomic E-state index is 13.4. The van der Waals surface area contributed by atoms with Crippen LogP contribution in [0, 0.1) is 34.5 Å². The minimum absolute atomic E-state index is 0.0153. The zero-order valence-electron chi connectivity index (χ0n) is 23.1. The molecule has 204 valence electrons. The molecule has 3 aliphatic rings. The molecule has 6 atom stereocenters. The van der Waals surface area contributed by atoms with Gasteiger partial charge in [0.05, 0.1) is 18.1 Å². The Bertz CT molecular complexity index is 1090. The number of fused-ring (bicyclic) bond motifs is 1. The minimum atomic E-state index is -2.13. The van der Waals surface area contributed by atoms with Crippen molar-refractivity contribution in [3.63, 3.8) is 0 Å². The van der Waals surface area contributed by atoms with E-state index in [-0.39, 0.29) is 47.0 Å². The fraction of sp³-hybridized carbons (Fsp3) is 0.741. The van der Waals surface area contributed by atoms with Crippen LogP contribution < -0.4 is 0 Å². The predicted molar refractivity (Wildman–Crippen MR) is 142 cm³/mol. The third kappa shape index (κ3) is 4.79. The number of rotatable bonds is 6. The number of allylic oxidation sites excluding steroid dienone is 2. The number of aliphatic hydroxyl groups is 2. The summed E-state index contributed by atoms with van der Waals surface area (Å²) in [5.74, 6) is -2.46. The van der Waals surface area contributed by atoms with Crippen LogP contribution in [-0.2, 0) is 18.8 Å². The third-order valence-electron chi connectivity index (χ3n) is 10.2. The first-order valence-electron chi connectivity index (χ1n) is 13.0. The molecule has 0 heterocycles. The van der Waals surface area contributed by atoms with Gasteiger partial charge in [-0.05, 0) is 66.1 Å². The Morgan fingerprint density at radius 2 is 1.84 bits per heavy atom. The number of Topliss-reactive ketones (excluding diaryl/α,β-unsaturated/α-hetero) is 3. The molecule has 3 saturated carbocycles. The summed E-state index contributed by atoms with van der Waals surface area (Å²) in [6, 6.07) is 0. The molecule has 0 unspecified atom stereocenters. The highest BCUT2D eigenvalue weighted by atomic mass is 28.4. The maximum atomic E-state index is 13.4. The molecule has 0 aromatic rings. The first-order chi connectivity index (χ1) is 17.1. The number of hydrogen-bond acceptors (Lipinski definition) is 7. The first-order valence-corrected chi connectivity index (χ1v) is 15.9. The van der Waals surface area contributed by atoms with E-state index in [0.717, 1.165) is 6.26 Å². The summed E-state index contributed by atoms with van der Waals surface area (Å²) in [5, 5.41) is 23.4. The van der Waals surface area contributed by atoms with Crippen LogP contribution >= 0.6 is 0 Å². The van der Waals surface area contributed by atoms with Crippen molar-refractivity contribution in [2.45, 2.75) is 78.4 Å². The summed E-state index contributed by atoms with van der Waals surface area (Å²) in [6.45, 7) is 15.0. The summed E-state index contributed by atoms with van der Waals surface area (Å²) in [5.41, 5.74) is 7.75. The molecule has 0 radical (unpaired) electrons. The fourth-order valence-electron chi connectivity index (χ4n) is 6.73. The summed E-state index contributed by atoms with van der Waals surface area (Å²) >= 11 is 0. The van der Waals surface area contributed by atoms with Gasteiger partial charge in [-0.2, -0.15) is 0 Å². The third-order valence-corrected chi connectivity index (χ3v) is 14.7. The van der Waals surface area contributed by atoms with Crippen LogP contribution in [0.25, 0.3) is 10.4 Å². The molecule has 0 bridgehead atoms. The fourth-order valence-corrected chi connectivity index (χ4v) is 7.78. The average Bonchev–Trinajstić information content (AvgIpc) is 3.01.